The van der Waals surface area contributed by atoms with Crippen LogP contribution in [0.4, 0.5) is 0 Å². The zero-order valence-electron chi connectivity index (χ0n) is 5.92. The lowest BCUT2D eigenvalue weighted by Crippen LogP contribution is -2.18. The van der Waals surface area contributed by atoms with Gasteiger partial charge in [-0.25, -0.2) is 4.89 Å². The summed E-state index contributed by atoms with van der Waals surface area (Å²) in [5.74, 6) is 0. The third-order valence-electron chi connectivity index (χ3n) is 0.841. The predicted molar refractivity (Wildman–Crippen MR) is 33.9 cm³/mol. The Bertz CT molecular complexity index is 96.5. The second kappa shape index (κ2) is 3.48. The Morgan fingerprint density at radius 2 is 2.00 bits per heavy atom. The van der Waals surface area contributed by atoms with E-state index in [9.17, 15) is 0 Å². The highest BCUT2D eigenvalue weighted by molar-refractivity contribution is 4.91. The molecule has 0 saturated carbocycles. The van der Waals surface area contributed by atoms with Gasteiger partial charge in [0.05, 0.1) is 13.4 Å². The summed E-state index contributed by atoms with van der Waals surface area (Å²) in [5, 5.41) is 8.21. The van der Waals surface area contributed by atoms with Gasteiger partial charge in [0.1, 0.15) is 5.60 Å². The summed E-state index contributed by atoms with van der Waals surface area (Å²) in [7, 11) is 1.53. The maximum absolute atomic E-state index is 8.21. The molecule has 3 nitrogen and oxygen atoms in total. The lowest BCUT2D eigenvalue weighted by molar-refractivity contribution is -0.297. The highest BCUT2D eigenvalue weighted by Gasteiger charge is 2.12. The number of methoxy groups -OCH3 is 1. The molecule has 0 bridgehead atoms. The van der Waals surface area contributed by atoms with Gasteiger partial charge in [-0.3, -0.25) is 5.26 Å². The molecule has 0 rings (SSSR count). The van der Waals surface area contributed by atoms with Crippen molar-refractivity contribution in [3.05, 3.63) is 12.3 Å². The van der Waals surface area contributed by atoms with Crippen molar-refractivity contribution in [1.29, 1.82) is 0 Å². The Balaban J connectivity index is 3.70. The topological polar surface area (TPSA) is 38.7 Å². The maximum Gasteiger partial charge on any atom is 0.119 e. The van der Waals surface area contributed by atoms with Gasteiger partial charge in [0.25, 0.3) is 0 Å². The molecule has 0 saturated heterocycles. The smallest absolute Gasteiger partial charge is 0.119 e. The van der Waals surface area contributed by atoms with Crippen LogP contribution < -0.4 is 0 Å². The van der Waals surface area contributed by atoms with Crippen LogP contribution in [-0.2, 0) is 9.62 Å². The Labute approximate surface area is 54.8 Å². The molecule has 0 amide bonds. The minimum absolute atomic E-state index is 0.657. The van der Waals surface area contributed by atoms with Crippen LogP contribution >= 0.6 is 0 Å². The molecule has 0 unspecified atom stereocenters. The first-order valence-corrected chi connectivity index (χ1v) is 2.65. The van der Waals surface area contributed by atoms with Crippen LogP contribution in [-0.4, -0.2) is 18.0 Å². The largest absolute Gasteiger partial charge is 0.505 e. The average Bonchev–Trinajstić information content (AvgIpc) is 1.84. The first-order chi connectivity index (χ1) is 4.12. The van der Waals surface area contributed by atoms with Crippen molar-refractivity contribution in [2.75, 3.05) is 7.11 Å². The summed E-state index contributed by atoms with van der Waals surface area (Å²) in [6.45, 7) is 3.42. The summed E-state index contributed by atoms with van der Waals surface area (Å²) in [5.41, 5.74) is -0.657. The molecule has 9 heavy (non-hydrogen) atoms. The molecule has 0 aromatic carbocycles. The van der Waals surface area contributed by atoms with E-state index < -0.39 is 5.60 Å². The van der Waals surface area contributed by atoms with Gasteiger partial charge >= 0.3 is 0 Å². The fourth-order valence-corrected chi connectivity index (χ4v) is 0.262. The summed E-state index contributed by atoms with van der Waals surface area (Å²) in [6, 6.07) is 0. The molecule has 0 spiro atoms. The normalized spacial score (nSPS) is 12.4. The lowest BCUT2D eigenvalue weighted by Gasteiger charge is -2.13. The fraction of sp³-hybridized carbons (Fsp3) is 0.667. The van der Waals surface area contributed by atoms with Gasteiger partial charge in [-0.05, 0) is 19.9 Å². The van der Waals surface area contributed by atoms with Crippen LogP contribution in [0.25, 0.3) is 0 Å². The first kappa shape index (κ1) is 8.46. The zero-order chi connectivity index (χ0) is 7.33. The lowest BCUT2D eigenvalue weighted by atomic mass is 10.1. The highest BCUT2D eigenvalue weighted by Crippen LogP contribution is 2.07. The van der Waals surface area contributed by atoms with Crippen LogP contribution in [0.5, 0.6) is 0 Å². The third kappa shape index (κ3) is 4.00. The quantitative estimate of drug-likeness (QED) is 0.358. The molecule has 0 aliphatic rings. The second-order valence-electron chi connectivity index (χ2n) is 2.23. The van der Waals surface area contributed by atoms with E-state index in [0.717, 1.165) is 0 Å². The van der Waals surface area contributed by atoms with Crippen LogP contribution in [0, 0.1) is 0 Å². The van der Waals surface area contributed by atoms with E-state index in [2.05, 4.69) is 9.62 Å². The minimum Gasteiger partial charge on any atom is -0.505 e. The van der Waals surface area contributed by atoms with Crippen molar-refractivity contribution in [1.82, 2.24) is 0 Å². The molecule has 0 radical (unpaired) electrons. The van der Waals surface area contributed by atoms with E-state index in [4.69, 9.17) is 5.26 Å². The second-order valence-corrected chi connectivity index (χ2v) is 2.23. The minimum atomic E-state index is -0.657. The molecule has 54 valence electrons. The summed E-state index contributed by atoms with van der Waals surface area (Å²) >= 11 is 0. The monoisotopic (exact) mass is 132 g/mol. The van der Waals surface area contributed by atoms with Gasteiger partial charge in [-0.15, -0.1) is 0 Å². The first-order valence-electron chi connectivity index (χ1n) is 2.65. The van der Waals surface area contributed by atoms with Gasteiger partial charge in [0, 0.05) is 0 Å². The molecular formula is C6H12O3. The van der Waals surface area contributed by atoms with E-state index in [0.29, 0.717) is 0 Å². The van der Waals surface area contributed by atoms with Crippen LogP contribution in [0.1, 0.15) is 13.8 Å². The zero-order valence-corrected chi connectivity index (χ0v) is 5.92. The van der Waals surface area contributed by atoms with Crippen molar-refractivity contribution < 1.29 is 14.9 Å². The summed E-state index contributed by atoms with van der Waals surface area (Å²) in [6.07, 6.45) is 3.06. The van der Waals surface area contributed by atoms with Crippen LogP contribution in [0.2, 0.25) is 0 Å². The Morgan fingerprint density at radius 3 is 2.33 bits per heavy atom. The van der Waals surface area contributed by atoms with Crippen molar-refractivity contribution >= 4 is 0 Å². The molecule has 0 aromatic heterocycles. The molecule has 0 atom stereocenters. The molecular weight excluding hydrogens is 120 g/mol. The molecule has 1 N–H and O–H groups in total. The summed E-state index contributed by atoms with van der Waals surface area (Å²) < 4.78 is 4.61. The van der Waals surface area contributed by atoms with Crippen molar-refractivity contribution in [2.24, 2.45) is 0 Å². The molecule has 0 fully saturated rings. The van der Waals surface area contributed by atoms with Gasteiger partial charge < -0.3 is 4.74 Å². The number of hydrogen-bond donors (Lipinski definition) is 1. The van der Waals surface area contributed by atoms with E-state index in [1.165, 1.54) is 13.4 Å². The molecule has 0 aromatic rings. The van der Waals surface area contributed by atoms with Crippen LogP contribution in [0.3, 0.4) is 0 Å². The molecule has 3 heteroatoms. The van der Waals surface area contributed by atoms with E-state index in [1.54, 1.807) is 19.9 Å². The maximum atomic E-state index is 8.21. The summed E-state index contributed by atoms with van der Waals surface area (Å²) in [4.78, 5) is 4.07. The Kier molecular flexibility index (Phi) is 3.27. The van der Waals surface area contributed by atoms with Crippen LogP contribution in [0.15, 0.2) is 12.3 Å². The van der Waals surface area contributed by atoms with Gasteiger partial charge in [-0.2, -0.15) is 0 Å². The molecule has 0 aliphatic heterocycles. The van der Waals surface area contributed by atoms with E-state index in [-0.39, 0.29) is 0 Å². The van der Waals surface area contributed by atoms with E-state index >= 15 is 0 Å². The predicted octanol–water partition coefficient (Wildman–Crippen LogP) is 1.41. The van der Waals surface area contributed by atoms with Crippen molar-refractivity contribution in [3.8, 4) is 0 Å². The Hall–Kier alpha value is -0.540. The van der Waals surface area contributed by atoms with Gasteiger partial charge in [0.2, 0.25) is 0 Å². The van der Waals surface area contributed by atoms with Gasteiger partial charge in [-0.1, -0.05) is 0 Å². The highest BCUT2D eigenvalue weighted by atomic mass is 17.1. The number of hydrogen-bond acceptors (Lipinski definition) is 3. The number of rotatable bonds is 3. The van der Waals surface area contributed by atoms with Crippen molar-refractivity contribution in [2.45, 2.75) is 19.4 Å². The fourth-order valence-electron chi connectivity index (χ4n) is 0.262. The Morgan fingerprint density at radius 1 is 1.44 bits per heavy atom. The van der Waals surface area contributed by atoms with E-state index in [1.807, 2.05) is 0 Å². The van der Waals surface area contributed by atoms with Crippen molar-refractivity contribution in [3.63, 3.8) is 0 Å². The average molecular weight is 132 g/mol. The van der Waals surface area contributed by atoms with Gasteiger partial charge in [0.15, 0.2) is 0 Å². The number of ether oxygens (including phenoxy) is 1. The SMILES string of the molecule is CO/C=C/C(C)(C)OO. The molecule has 0 aliphatic carbocycles. The molecule has 0 heterocycles. The third-order valence-corrected chi connectivity index (χ3v) is 0.841. The standard InChI is InChI=1S/C6H12O3/c1-6(2,9-7)4-5-8-3/h4-5,7H,1-3H3/b5-4+.